The predicted octanol–water partition coefficient (Wildman–Crippen LogP) is 6.12. The van der Waals surface area contributed by atoms with Crippen LogP contribution in [0, 0.1) is 0 Å². The minimum atomic E-state index is -0.0922. The van der Waals surface area contributed by atoms with Crippen LogP contribution >= 0.6 is 23.2 Å². The van der Waals surface area contributed by atoms with Crippen molar-refractivity contribution < 1.29 is 9.47 Å². The van der Waals surface area contributed by atoms with E-state index in [0.717, 1.165) is 33.7 Å². The van der Waals surface area contributed by atoms with Crippen LogP contribution in [-0.2, 0) is 22.7 Å². The van der Waals surface area contributed by atoms with Crippen molar-refractivity contribution in [3.05, 3.63) is 105 Å². The number of hydrogen-bond donors (Lipinski definition) is 1. The Labute approximate surface area is 192 Å². The van der Waals surface area contributed by atoms with Crippen LogP contribution < -0.4 is 5.32 Å². The van der Waals surface area contributed by atoms with Gasteiger partial charge in [0.05, 0.1) is 19.3 Å². The van der Waals surface area contributed by atoms with E-state index in [-0.39, 0.29) is 12.1 Å². The van der Waals surface area contributed by atoms with E-state index in [2.05, 4.69) is 23.5 Å². The smallest absolute Gasteiger partial charge is 0.129 e. The number of benzene rings is 3. The van der Waals surface area contributed by atoms with Crippen molar-refractivity contribution in [3.63, 3.8) is 0 Å². The summed E-state index contributed by atoms with van der Waals surface area (Å²) >= 11 is 12.2. The number of nitrogens with one attached hydrogen (secondary N) is 1. The molecule has 0 radical (unpaired) electrons. The molecule has 2 atom stereocenters. The highest BCUT2D eigenvalue weighted by molar-refractivity contribution is 6.30. The molecule has 31 heavy (non-hydrogen) atoms. The third kappa shape index (κ3) is 5.10. The molecular formula is C25H24Cl2N2O2. The van der Waals surface area contributed by atoms with Crippen LogP contribution in [0.4, 0.5) is 0 Å². The Hall–Kier alpha value is -2.37. The second-order valence-electron chi connectivity index (χ2n) is 7.55. The van der Waals surface area contributed by atoms with Crippen LogP contribution in [0.3, 0.4) is 0 Å². The zero-order chi connectivity index (χ0) is 21.8. The van der Waals surface area contributed by atoms with E-state index in [1.165, 1.54) is 0 Å². The van der Waals surface area contributed by atoms with Crippen molar-refractivity contribution >= 4 is 29.0 Å². The van der Waals surface area contributed by atoms with Gasteiger partial charge in [-0.05, 0) is 58.7 Å². The van der Waals surface area contributed by atoms with E-state index < -0.39 is 0 Å². The fourth-order valence-corrected chi connectivity index (χ4v) is 4.15. The lowest BCUT2D eigenvalue weighted by Crippen LogP contribution is -2.25. The molecule has 1 aliphatic rings. The summed E-state index contributed by atoms with van der Waals surface area (Å²) < 4.78 is 10.7. The number of nitrogens with zero attached hydrogens (tertiary/aromatic N) is 1. The summed E-state index contributed by atoms with van der Waals surface area (Å²) in [6, 6.07) is 22.0. The maximum Gasteiger partial charge on any atom is 0.129 e. The Kier molecular flexibility index (Phi) is 6.93. The van der Waals surface area contributed by atoms with Gasteiger partial charge in [-0.15, -0.1) is 0 Å². The largest absolute Gasteiger partial charge is 0.380 e. The summed E-state index contributed by atoms with van der Waals surface area (Å²) in [7, 11) is 3.39. The first-order valence-corrected chi connectivity index (χ1v) is 10.8. The third-order valence-electron chi connectivity index (χ3n) is 5.26. The van der Waals surface area contributed by atoms with Crippen molar-refractivity contribution in [3.8, 4) is 0 Å². The summed E-state index contributed by atoms with van der Waals surface area (Å²) in [4.78, 5) is 5.09. The van der Waals surface area contributed by atoms with E-state index in [1.807, 2.05) is 48.5 Å². The standard InChI is InChI=1S/C25H24Cl2N2O2/c1-30-14-16-11-17(15-31-2)13-20(12-16)25-28-23(18-3-7-21(26)8-4-18)24(29-25)19-5-9-22(27)10-6-19/h3-13,23-24H,14-15H2,1-2H3,(H,28,29)/t23-,24+. The molecule has 0 saturated heterocycles. The Morgan fingerprint density at radius 1 is 0.774 bits per heavy atom. The molecule has 0 bridgehead atoms. The predicted molar refractivity (Wildman–Crippen MR) is 126 cm³/mol. The molecule has 0 amide bonds. The first-order chi connectivity index (χ1) is 15.1. The van der Waals surface area contributed by atoms with Crippen molar-refractivity contribution in [2.24, 2.45) is 4.99 Å². The van der Waals surface area contributed by atoms with Gasteiger partial charge in [0.2, 0.25) is 0 Å². The molecule has 6 heteroatoms. The van der Waals surface area contributed by atoms with Crippen LogP contribution in [-0.4, -0.2) is 20.1 Å². The normalized spacial score (nSPS) is 18.0. The quantitative estimate of drug-likeness (QED) is 0.467. The van der Waals surface area contributed by atoms with Crippen molar-refractivity contribution in [2.45, 2.75) is 25.3 Å². The number of halogens is 2. The van der Waals surface area contributed by atoms with E-state index in [4.69, 9.17) is 37.7 Å². The molecule has 0 aliphatic carbocycles. The van der Waals surface area contributed by atoms with E-state index >= 15 is 0 Å². The van der Waals surface area contributed by atoms with E-state index in [1.54, 1.807) is 14.2 Å². The van der Waals surface area contributed by atoms with E-state index in [0.29, 0.717) is 23.3 Å². The molecular weight excluding hydrogens is 431 g/mol. The van der Waals surface area contributed by atoms with Gasteiger partial charge in [-0.2, -0.15) is 0 Å². The number of ether oxygens (including phenoxy) is 2. The highest BCUT2D eigenvalue weighted by atomic mass is 35.5. The van der Waals surface area contributed by atoms with Crippen LogP contribution in [0.1, 0.15) is 39.9 Å². The molecule has 4 nitrogen and oxygen atoms in total. The Bertz CT molecular complexity index is 1040. The molecule has 0 spiro atoms. The lowest BCUT2D eigenvalue weighted by atomic mass is 9.95. The number of aliphatic imine (C=N–C) groups is 1. The van der Waals surface area contributed by atoms with Gasteiger partial charge >= 0.3 is 0 Å². The fraction of sp³-hybridized carbons (Fsp3) is 0.240. The zero-order valence-electron chi connectivity index (χ0n) is 17.4. The molecule has 0 fully saturated rings. The Morgan fingerprint density at radius 3 is 1.81 bits per heavy atom. The maximum atomic E-state index is 6.12. The van der Waals surface area contributed by atoms with Crippen molar-refractivity contribution in [2.75, 3.05) is 14.2 Å². The van der Waals surface area contributed by atoms with Gasteiger partial charge in [0.25, 0.3) is 0 Å². The summed E-state index contributed by atoms with van der Waals surface area (Å²) in [6.07, 6.45) is 0. The van der Waals surface area contributed by atoms with Gasteiger partial charge in [-0.1, -0.05) is 53.5 Å². The molecule has 1 N–H and O–H groups in total. The highest BCUT2D eigenvalue weighted by Crippen LogP contribution is 2.38. The molecule has 3 aromatic carbocycles. The lowest BCUT2D eigenvalue weighted by molar-refractivity contribution is 0.180. The third-order valence-corrected chi connectivity index (χ3v) is 5.77. The number of hydrogen-bond acceptors (Lipinski definition) is 4. The van der Waals surface area contributed by atoms with Gasteiger partial charge in [-0.3, -0.25) is 4.99 Å². The van der Waals surface area contributed by atoms with Crippen LogP contribution in [0.2, 0.25) is 10.0 Å². The molecule has 0 unspecified atom stereocenters. The number of rotatable bonds is 7. The summed E-state index contributed by atoms with van der Waals surface area (Å²) in [5.41, 5.74) is 5.38. The van der Waals surface area contributed by atoms with Gasteiger partial charge in [0.1, 0.15) is 11.9 Å². The monoisotopic (exact) mass is 454 g/mol. The summed E-state index contributed by atoms with van der Waals surface area (Å²) in [6.45, 7) is 1.05. The highest BCUT2D eigenvalue weighted by Gasteiger charge is 2.32. The SMILES string of the molecule is COCc1cc(COC)cc(C2=N[C@H](c3ccc(Cl)cc3)[C@H](c3ccc(Cl)cc3)N2)c1. The molecule has 3 aromatic rings. The van der Waals surface area contributed by atoms with Crippen LogP contribution in [0.15, 0.2) is 71.7 Å². The maximum absolute atomic E-state index is 6.12. The molecule has 0 saturated carbocycles. The minimum Gasteiger partial charge on any atom is -0.380 e. The molecule has 4 rings (SSSR count). The van der Waals surface area contributed by atoms with E-state index in [9.17, 15) is 0 Å². The second-order valence-corrected chi connectivity index (χ2v) is 8.42. The summed E-state index contributed by atoms with van der Waals surface area (Å²) in [5, 5.41) is 5.05. The van der Waals surface area contributed by atoms with Crippen LogP contribution in [0.5, 0.6) is 0 Å². The fourth-order valence-electron chi connectivity index (χ4n) is 3.90. The first-order valence-electron chi connectivity index (χ1n) is 10.0. The number of methoxy groups -OCH3 is 2. The lowest BCUT2D eigenvalue weighted by Gasteiger charge is -2.20. The topological polar surface area (TPSA) is 42.9 Å². The Balaban J connectivity index is 1.75. The summed E-state index contributed by atoms with van der Waals surface area (Å²) in [5.74, 6) is 0.843. The van der Waals surface area contributed by atoms with Gasteiger partial charge in [-0.25, -0.2) is 0 Å². The Morgan fingerprint density at radius 2 is 1.29 bits per heavy atom. The number of amidine groups is 1. The van der Waals surface area contributed by atoms with Crippen molar-refractivity contribution in [1.82, 2.24) is 5.32 Å². The average molecular weight is 455 g/mol. The van der Waals surface area contributed by atoms with Gasteiger partial charge < -0.3 is 14.8 Å². The molecule has 160 valence electrons. The van der Waals surface area contributed by atoms with Crippen LogP contribution in [0.25, 0.3) is 0 Å². The van der Waals surface area contributed by atoms with Gasteiger partial charge in [0.15, 0.2) is 0 Å². The second kappa shape index (κ2) is 9.84. The first kappa shape index (κ1) is 21.8. The molecule has 1 aliphatic heterocycles. The zero-order valence-corrected chi connectivity index (χ0v) is 19.0. The van der Waals surface area contributed by atoms with Crippen molar-refractivity contribution in [1.29, 1.82) is 0 Å². The molecule has 0 aromatic heterocycles. The molecule has 1 heterocycles. The minimum absolute atomic E-state index is 0.0228. The van der Waals surface area contributed by atoms with Gasteiger partial charge in [0, 0.05) is 29.8 Å². The average Bonchev–Trinajstić information content (AvgIpc) is 3.21.